The van der Waals surface area contributed by atoms with Gasteiger partial charge in [-0.3, -0.25) is 4.79 Å². The van der Waals surface area contributed by atoms with Crippen LogP contribution in [0.1, 0.15) is 10.4 Å². The highest BCUT2D eigenvalue weighted by atomic mass is 19.4. The first-order valence-electron chi connectivity index (χ1n) is 3.82. The van der Waals surface area contributed by atoms with E-state index in [4.69, 9.17) is 0 Å². The van der Waals surface area contributed by atoms with Gasteiger partial charge in [-0.1, -0.05) is 11.5 Å². The molecule has 0 spiro atoms. The quantitative estimate of drug-likeness (QED) is 0.550. The fourth-order valence-corrected chi connectivity index (χ4v) is 1.07. The van der Waals surface area contributed by atoms with Crippen LogP contribution in [0.25, 0.3) is 0 Å². The summed E-state index contributed by atoms with van der Waals surface area (Å²) in [6.45, 7) is -5.18. The van der Waals surface area contributed by atoms with Crippen molar-refractivity contribution in [1.82, 2.24) is 0 Å². The fourth-order valence-electron chi connectivity index (χ4n) is 1.07. The van der Waals surface area contributed by atoms with Gasteiger partial charge < -0.3 is 17.7 Å². The van der Waals surface area contributed by atoms with Gasteiger partial charge in [0, 0.05) is 0 Å². The van der Waals surface area contributed by atoms with E-state index in [1.54, 1.807) is 0 Å². The molecule has 0 aliphatic rings. The molecule has 0 saturated heterocycles. The number of hydrogen-bond donors (Lipinski definition) is 0. The second-order valence-electron chi connectivity index (χ2n) is 2.69. The van der Waals surface area contributed by atoms with E-state index in [0.717, 1.165) is 12.1 Å². The average molecular weight is 203 g/mol. The van der Waals surface area contributed by atoms with Crippen LogP contribution in [0.5, 0.6) is 5.75 Å². The van der Waals surface area contributed by atoms with Gasteiger partial charge in [-0.2, -0.15) is 0 Å². The lowest BCUT2D eigenvalue weighted by atomic mass is 9.77. The molecule has 1 aromatic rings. The first-order valence-corrected chi connectivity index (χ1v) is 3.82. The Balaban J connectivity index is 3.29. The van der Waals surface area contributed by atoms with E-state index in [0.29, 0.717) is 0 Å². The molecular weight excluding hydrogens is 196 g/mol. The number of ether oxygens (including phenoxy) is 1. The Hall–Kier alpha value is -1.46. The van der Waals surface area contributed by atoms with Gasteiger partial charge >= 0.3 is 6.98 Å². The normalized spacial score (nSPS) is 11.1. The van der Waals surface area contributed by atoms with Crippen molar-refractivity contribution in [3.8, 4) is 5.75 Å². The van der Waals surface area contributed by atoms with Crippen molar-refractivity contribution >= 4 is 18.7 Å². The summed E-state index contributed by atoms with van der Waals surface area (Å²) in [5.41, 5.74) is -1.28. The summed E-state index contributed by atoms with van der Waals surface area (Å²) in [6, 6.07) is 3.23. The third-order valence-corrected chi connectivity index (χ3v) is 1.77. The number of hydrogen-bond acceptors (Lipinski definition) is 2. The summed E-state index contributed by atoms with van der Waals surface area (Å²) in [6.07, 6.45) is 0.185. The standard InChI is InChI=1S/C8H7BF3O2/c1-14-7-3-2-6(5-13)8(4-7)9(10,11)12/h2-5H,1H3/q-1. The third kappa shape index (κ3) is 2.07. The first kappa shape index (κ1) is 10.6. The molecule has 0 atom stereocenters. The van der Waals surface area contributed by atoms with Crippen molar-refractivity contribution in [2.45, 2.75) is 0 Å². The van der Waals surface area contributed by atoms with Crippen LogP contribution in [0.15, 0.2) is 18.2 Å². The monoisotopic (exact) mass is 203 g/mol. The van der Waals surface area contributed by atoms with Gasteiger partial charge in [0.25, 0.3) is 0 Å². The van der Waals surface area contributed by atoms with Gasteiger partial charge in [-0.15, -0.1) is 0 Å². The fraction of sp³-hybridized carbons (Fsp3) is 0.125. The zero-order valence-electron chi connectivity index (χ0n) is 7.34. The second kappa shape index (κ2) is 3.73. The highest BCUT2D eigenvalue weighted by Gasteiger charge is 2.28. The summed E-state index contributed by atoms with van der Waals surface area (Å²) in [4.78, 5) is 10.3. The maximum Gasteiger partial charge on any atom is 0.510 e. The predicted octanol–water partition coefficient (Wildman–Crippen LogP) is 1.56. The summed E-state index contributed by atoms with van der Waals surface area (Å²) < 4.78 is 41.8. The Morgan fingerprint density at radius 3 is 2.43 bits per heavy atom. The van der Waals surface area contributed by atoms with Crippen LogP contribution in [-0.4, -0.2) is 20.4 Å². The molecule has 0 aliphatic heterocycles. The zero-order chi connectivity index (χ0) is 10.8. The number of halogens is 3. The Bertz CT molecular complexity index is 349. The Kier molecular flexibility index (Phi) is 2.83. The molecule has 0 unspecified atom stereocenters. The largest absolute Gasteiger partial charge is 0.510 e. The molecule has 2 nitrogen and oxygen atoms in total. The van der Waals surface area contributed by atoms with E-state index >= 15 is 0 Å². The van der Waals surface area contributed by atoms with E-state index in [2.05, 4.69) is 4.74 Å². The molecule has 0 radical (unpaired) electrons. The highest BCUT2D eigenvalue weighted by Crippen LogP contribution is 2.16. The maximum atomic E-state index is 12.4. The van der Waals surface area contributed by atoms with Crippen molar-refractivity contribution in [1.29, 1.82) is 0 Å². The van der Waals surface area contributed by atoms with Crippen LogP contribution in [0.4, 0.5) is 12.9 Å². The van der Waals surface area contributed by atoms with Crippen LogP contribution in [0.3, 0.4) is 0 Å². The lowest BCUT2D eigenvalue weighted by Crippen LogP contribution is -2.36. The minimum absolute atomic E-state index is 0.0878. The van der Waals surface area contributed by atoms with Gasteiger partial charge in [0.2, 0.25) is 0 Å². The van der Waals surface area contributed by atoms with E-state index in [1.165, 1.54) is 13.2 Å². The molecule has 0 amide bonds. The smallest absolute Gasteiger partial charge is 0.497 e. The van der Waals surface area contributed by atoms with Gasteiger partial charge in [0.05, 0.1) is 7.11 Å². The summed E-state index contributed by atoms with van der Waals surface area (Å²) in [7, 11) is 1.27. The van der Waals surface area contributed by atoms with Crippen LogP contribution in [0.2, 0.25) is 0 Å². The molecule has 0 fully saturated rings. The molecule has 0 heterocycles. The van der Waals surface area contributed by atoms with Gasteiger partial charge in [0.15, 0.2) is 0 Å². The molecule has 0 aliphatic carbocycles. The number of methoxy groups -OCH3 is 1. The number of carbonyl (C=O) groups is 1. The van der Waals surface area contributed by atoms with E-state index in [1.807, 2.05) is 0 Å². The van der Waals surface area contributed by atoms with Crippen molar-refractivity contribution < 1.29 is 22.5 Å². The minimum Gasteiger partial charge on any atom is -0.497 e. The van der Waals surface area contributed by atoms with E-state index in [9.17, 15) is 17.7 Å². The van der Waals surface area contributed by atoms with Crippen molar-refractivity contribution in [2.24, 2.45) is 0 Å². The Morgan fingerprint density at radius 1 is 1.36 bits per heavy atom. The topological polar surface area (TPSA) is 26.3 Å². The summed E-state index contributed by atoms with van der Waals surface area (Å²) in [5.74, 6) is 0.0878. The number of carbonyl (C=O) groups excluding carboxylic acids is 1. The van der Waals surface area contributed by atoms with Crippen LogP contribution >= 0.6 is 0 Å². The SMILES string of the molecule is COc1ccc(C=O)c([B-](F)(F)F)c1. The predicted molar refractivity (Wildman–Crippen MR) is 47.1 cm³/mol. The molecule has 6 heteroatoms. The van der Waals surface area contributed by atoms with E-state index in [-0.39, 0.29) is 17.6 Å². The van der Waals surface area contributed by atoms with E-state index < -0.39 is 12.4 Å². The number of rotatable bonds is 3. The first-order chi connectivity index (χ1) is 6.49. The minimum atomic E-state index is -5.18. The Morgan fingerprint density at radius 2 is 2.00 bits per heavy atom. The van der Waals surface area contributed by atoms with Crippen LogP contribution in [0, 0.1) is 0 Å². The lowest BCUT2D eigenvalue weighted by Gasteiger charge is -2.17. The molecule has 0 aromatic heterocycles. The van der Waals surface area contributed by atoms with Gasteiger partial charge in [0.1, 0.15) is 12.0 Å². The third-order valence-electron chi connectivity index (χ3n) is 1.77. The lowest BCUT2D eigenvalue weighted by molar-refractivity contribution is 0.112. The molecule has 1 aromatic carbocycles. The number of aldehydes is 1. The molecule has 1 rings (SSSR count). The van der Waals surface area contributed by atoms with Crippen molar-refractivity contribution in [3.05, 3.63) is 23.8 Å². The Labute approximate surface area is 78.7 Å². The average Bonchev–Trinajstić information content (AvgIpc) is 2.15. The summed E-state index contributed by atoms with van der Waals surface area (Å²) >= 11 is 0. The zero-order valence-corrected chi connectivity index (χ0v) is 7.34. The van der Waals surface area contributed by atoms with Crippen LogP contribution < -0.4 is 10.2 Å². The molecule has 0 saturated carbocycles. The van der Waals surface area contributed by atoms with Crippen molar-refractivity contribution in [3.63, 3.8) is 0 Å². The maximum absolute atomic E-state index is 12.4. The second-order valence-corrected chi connectivity index (χ2v) is 2.69. The molecule has 0 N–H and O–H groups in total. The molecule has 76 valence electrons. The number of benzene rings is 1. The highest BCUT2D eigenvalue weighted by molar-refractivity contribution is 6.74. The van der Waals surface area contributed by atoms with Gasteiger partial charge in [-0.05, 0) is 17.7 Å². The molecular formula is C8H7BF3O2-. The molecule has 0 bridgehead atoms. The molecule has 14 heavy (non-hydrogen) atoms. The van der Waals surface area contributed by atoms with Crippen molar-refractivity contribution in [2.75, 3.05) is 7.11 Å². The van der Waals surface area contributed by atoms with Gasteiger partial charge in [-0.25, -0.2) is 0 Å². The van der Waals surface area contributed by atoms with Crippen LogP contribution in [-0.2, 0) is 0 Å². The summed E-state index contributed by atoms with van der Waals surface area (Å²) in [5, 5.41) is 0.